The first-order valence-corrected chi connectivity index (χ1v) is 8.56. The molecule has 2 fully saturated rings. The van der Waals surface area contributed by atoms with Crippen LogP contribution < -0.4 is 0 Å². The number of hydrogen-bond donors (Lipinski definition) is 0. The molecule has 2 saturated carbocycles. The van der Waals surface area contributed by atoms with Gasteiger partial charge in [0.2, 0.25) is 0 Å². The second-order valence-corrected chi connectivity index (χ2v) is 7.62. The average Bonchev–Trinajstić information content (AvgIpc) is 2.74. The van der Waals surface area contributed by atoms with E-state index >= 15 is 0 Å². The maximum atomic E-state index is 12.2. The third-order valence-electron chi connectivity index (χ3n) is 5.79. The van der Waals surface area contributed by atoms with Crippen LogP contribution in [0.1, 0.15) is 72.6 Å². The molecular formula is C18H30O3. The second kappa shape index (κ2) is 6.50. The van der Waals surface area contributed by atoms with Gasteiger partial charge in [0, 0.05) is 18.8 Å². The summed E-state index contributed by atoms with van der Waals surface area (Å²) in [7, 11) is 0. The standard InChI is InChI=1S/C18H30O3/c1-12(2)21-17(20)10-7-13(3)14-8-9-15-16(19)6-5-11-18(14,15)4/h12-15H,5-11H2,1-4H3/t13?,14-,15+,18-/m1/s1. The molecule has 0 aromatic carbocycles. The second-order valence-electron chi connectivity index (χ2n) is 7.62. The van der Waals surface area contributed by atoms with Crippen LogP contribution in [0, 0.1) is 23.2 Å². The Kier molecular flexibility index (Phi) is 5.11. The maximum Gasteiger partial charge on any atom is 0.306 e. The number of Topliss-reactive ketones (excluding diaryl/α,β-unsaturated/α-hetero) is 1. The van der Waals surface area contributed by atoms with Crippen molar-refractivity contribution in [1.82, 2.24) is 0 Å². The van der Waals surface area contributed by atoms with Crippen LogP contribution in [-0.2, 0) is 14.3 Å². The van der Waals surface area contributed by atoms with E-state index in [0.29, 0.717) is 24.0 Å². The Labute approximate surface area is 128 Å². The van der Waals surface area contributed by atoms with E-state index < -0.39 is 0 Å². The fourth-order valence-electron chi connectivity index (χ4n) is 4.77. The third kappa shape index (κ3) is 3.49. The quantitative estimate of drug-likeness (QED) is 0.716. The van der Waals surface area contributed by atoms with Crippen molar-refractivity contribution in [3.05, 3.63) is 0 Å². The molecule has 120 valence electrons. The summed E-state index contributed by atoms with van der Waals surface area (Å²) in [6.07, 6.45) is 6.56. The van der Waals surface area contributed by atoms with Gasteiger partial charge in [-0.2, -0.15) is 0 Å². The van der Waals surface area contributed by atoms with Crippen LogP contribution in [-0.4, -0.2) is 17.9 Å². The third-order valence-corrected chi connectivity index (χ3v) is 5.79. The van der Waals surface area contributed by atoms with E-state index in [1.807, 2.05) is 13.8 Å². The van der Waals surface area contributed by atoms with Crippen molar-refractivity contribution in [3.8, 4) is 0 Å². The number of fused-ring (bicyclic) bond motifs is 1. The summed E-state index contributed by atoms with van der Waals surface area (Å²) in [5.74, 6) is 1.75. The topological polar surface area (TPSA) is 43.4 Å². The smallest absolute Gasteiger partial charge is 0.306 e. The van der Waals surface area contributed by atoms with Gasteiger partial charge in [-0.1, -0.05) is 13.8 Å². The van der Waals surface area contributed by atoms with E-state index in [1.54, 1.807) is 0 Å². The van der Waals surface area contributed by atoms with Gasteiger partial charge in [0.1, 0.15) is 5.78 Å². The lowest BCUT2D eigenvalue weighted by Gasteiger charge is -2.42. The molecular weight excluding hydrogens is 264 g/mol. The molecule has 0 spiro atoms. The summed E-state index contributed by atoms with van der Waals surface area (Å²) in [6, 6.07) is 0. The van der Waals surface area contributed by atoms with Crippen LogP contribution in [0.2, 0.25) is 0 Å². The molecule has 0 radical (unpaired) electrons. The van der Waals surface area contributed by atoms with Gasteiger partial charge in [0.15, 0.2) is 0 Å². The van der Waals surface area contributed by atoms with Gasteiger partial charge in [-0.25, -0.2) is 0 Å². The van der Waals surface area contributed by atoms with Gasteiger partial charge in [0.25, 0.3) is 0 Å². The number of carbonyl (C=O) groups is 2. The van der Waals surface area contributed by atoms with Crippen LogP contribution in [0.4, 0.5) is 0 Å². The highest BCUT2D eigenvalue weighted by molar-refractivity contribution is 5.83. The number of carbonyl (C=O) groups excluding carboxylic acids is 2. The van der Waals surface area contributed by atoms with Crippen molar-refractivity contribution in [2.75, 3.05) is 0 Å². The van der Waals surface area contributed by atoms with Crippen LogP contribution in [0.3, 0.4) is 0 Å². The van der Waals surface area contributed by atoms with E-state index in [2.05, 4.69) is 13.8 Å². The molecule has 0 heterocycles. The van der Waals surface area contributed by atoms with Crippen LogP contribution in [0.15, 0.2) is 0 Å². The van der Waals surface area contributed by atoms with Gasteiger partial charge < -0.3 is 4.74 Å². The molecule has 1 unspecified atom stereocenters. The summed E-state index contributed by atoms with van der Waals surface area (Å²) in [5.41, 5.74) is 0.177. The lowest BCUT2D eigenvalue weighted by molar-refractivity contribution is -0.148. The predicted molar refractivity (Wildman–Crippen MR) is 82.8 cm³/mol. The van der Waals surface area contributed by atoms with Gasteiger partial charge >= 0.3 is 5.97 Å². The molecule has 0 bridgehead atoms. The van der Waals surface area contributed by atoms with E-state index in [-0.39, 0.29) is 23.4 Å². The van der Waals surface area contributed by atoms with E-state index in [1.165, 1.54) is 6.42 Å². The molecule has 2 aliphatic carbocycles. The van der Waals surface area contributed by atoms with E-state index in [0.717, 1.165) is 32.1 Å². The fraction of sp³-hybridized carbons (Fsp3) is 0.889. The fourth-order valence-corrected chi connectivity index (χ4v) is 4.77. The van der Waals surface area contributed by atoms with Crippen LogP contribution >= 0.6 is 0 Å². The molecule has 2 aliphatic rings. The maximum absolute atomic E-state index is 12.2. The minimum atomic E-state index is -0.0868. The molecule has 0 amide bonds. The van der Waals surface area contributed by atoms with E-state index in [4.69, 9.17) is 4.74 Å². The summed E-state index contributed by atoms with van der Waals surface area (Å²) < 4.78 is 5.22. The first kappa shape index (κ1) is 16.5. The summed E-state index contributed by atoms with van der Waals surface area (Å²) in [4.78, 5) is 23.9. The SMILES string of the molecule is CC(C)OC(=O)CCC(C)[C@H]1CC[C@H]2C(=O)CCC[C@]12C. The normalized spacial score (nSPS) is 33.9. The number of ether oxygens (including phenoxy) is 1. The molecule has 21 heavy (non-hydrogen) atoms. The number of ketones is 1. The Bertz CT molecular complexity index is 401. The predicted octanol–water partition coefficient (Wildman–Crippen LogP) is 4.14. The zero-order valence-electron chi connectivity index (χ0n) is 14.0. The molecule has 4 atom stereocenters. The zero-order valence-corrected chi connectivity index (χ0v) is 14.0. The Balaban J connectivity index is 1.92. The largest absolute Gasteiger partial charge is 0.463 e. The summed E-state index contributed by atoms with van der Waals surface area (Å²) in [5, 5.41) is 0. The molecule has 0 saturated heterocycles. The monoisotopic (exact) mass is 294 g/mol. The van der Waals surface area contributed by atoms with Crippen molar-refractivity contribution >= 4 is 11.8 Å². The van der Waals surface area contributed by atoms with Crippen LogP contribution in [0.25, 0.3) is 0 Å². The number of rotatable bonds is 5. The molecule has 3 nitrogen and oxygen atoms in total. The molecule has 2 rings (SSSR count). The van der Waals surface area contributed by atoms with Crippen molar-refractivity contribution in [3.63, 3.8) is 0 Å². The van der Waals surface area contributed by atoms with Gasteiger partial charge in [0.05, 0.1) is 6.10 Å². The molecule has 0 aromatic heterocycles. The van der Waals surface area contributed by atoms with Gasteiger partial charge in [-0.05, 0) is 63.2 Å². The average molecular weight is 294 g/mol. The first-order valence-electron chi connectivity index (χ1n) is 8.56. The molecule has 0 aliphatic heterocycles. The van der Waals surface area contributed by atoms with Crippen LogP contribution in [0.5, 0.6) is 0 Å². The Morgan fingerprint density at radius 1 is 1.33 bits per heavy atom. The lowest BCUT2D eigenvalue weighted by atomic mass is 9.62. The van der Waals surface area contributed by atoms with E-state index in [9.17, 15) is 9.59 Å². The highest BCUT2D eigenvalue weighted by atomic mass is 16.5. The van der Waals surface area contributed by atoms with Gasteiger partial charge in [-0.15, -0.1) is 0 Å². The zero-order chi connectivity index (χ0) is 15.6. The lowest BCUT2D eigenvalue weighted by Crippen LogP contribution is -2.39. The molecule has 0 N–H and O–H groups in total. The highest BCUT2D eigenvalue weighted by Crippen LogP contribution is 2.57. The van der Waals surface area contributed by atoms with Crippen molar-refractivity contribution in [2.45, 2.75) is 78.7 Å². The van der Waals surface area contributed by atoms with Crippen molar-refractivity contribution < 1.29 is 14.3 Å². The van der Waals surface area contributed by atoms with Crippen molar-refractivity contribution in [1.29, 1.82) is 0 Å². The molecule has 3 heteroatoms. The van der Waals surface area contributed by atoms with Crippen molar-refractivity contribution in [2.24, 2.45) is 23.2 Å². The summed E-state index contributed by atoms with van der Waals surface area (Å²) in [6.45, 7) is 8.34. The highest BCUT2D eigenvalue weighted by Gasteiger charge is 2.52. The first-order chi connectivity index (χ1) is 9.84. The van der Waals surface area contributed by atoms with Gasteiger partial charge in [-0.3, -0.25) is 9.59 Å². The Hall–Kier alpha value is -0.860. The minimum absolute atomic E-state index is 0.0304. The number of esters is 1. The Morgan fingerprint density at radius 3 is 2.71 bits per heavy atom. The number of hydrogen-bond acceptors (Lipinski definition) is 3. The summed E-state index contributed by atoms with van der Waals surface area (Å²) >= 11 is 0. The minimum Gasteiger partial charge on any atom is -0.463 e. The molecule has 0 aromatic rings. The Morgan fingerprint density at radius 2 is 2.05 bits per heavy atom.